The highest BCUT2D eigenvalue weighted by molar-refractivity contribution is 6.30. The number of rotatable bonds is 23. The van der Waals surface area contributed by atoms with Crippen LogP contribution in [-0.2, 0) is 0 Å². The quantitative estimate of drug-likeness (QED) is 0.144. The Bertz CT molecular complexity index is 864. The zero-order valence-electron chi connectivity index (χ0n) is 26.2. The fraction of sp³-hybridized carbons (Fsp3) is 0.697. The van der Waals surface area contributed by atoms with Gasteiger partial charge in [0.2, 0.25) is 5.95 Å². The van der Waals surface area contributed by atoms with Gasteiger partial charge in [0.1, 0.15) is 5.82 Å². The lowest BCUT2D eigenvalue weighted by atomic mass is 10.2. The fourth-order valence-electron chi connectivity index (χ4n) is 4.94. The van der Waals surface area contributed by atoms with Crippen LogP contribution in [0.15, 0.2) is 30.3 Å². The topological polar surface area (TPSA) is 47.5 Å². The molecule has 0 unspecified atom stereocenters. The molecule has 226 valence electrons. The summed E-state index contributed by atoms with van der Waals surface area (Å²) in [5.74, 6) is 1.66. The van der Waals surface area contributed by atoms with Crippen molar-refractivity contribution in [3.63, 3.8) is 0 Å². The Balaban J connectivity index is 2.14. The number of nitrogens with one attached hydrogen (secondary N) is 1. The first-order chi connectivity index (χ1) is 19.5. The summed E-state index contributed by atoms with van der Waals surface area (Å²) in [6.07, 6.45) is 12.4. The molecule has 0 aliphatic carbocycles. The van der Waals surface area contributed by atoms with Crippen molar-refractivity contribution in [1.82, 2.24) is 19.8 Å². The first-order valence-electron chi connectivity index (χ1n) is 16.1. The molecule has 0 aliphatic rings. The number of aryl methyl sites for hydroxylation is 1. The maximum absolute atomic E-state index is 6.09. The van der Waals surface area contributed by atoms with Gasteiger partial charge in [0.05, 0.1) is 0 Å². The van der Waals surface area contributed by atoms with Crippen LogP contribution < -0.4 is 10.2 Å². The molecule has 2 aromatic rings. The second-order valence-electron chi connectivity index (χ2n) is 11.1. The van der Waals surface area contributed by atoms with Crippen molar-refractivity contribution in [2.75, 3.05) is 62.6 Å². The van der Waals surface area contributed by atoms with Gasteiger partial charge < -0.3 is 20.0 Å². The Morgan fingerprint density at radius 2 is 1.07 bits per heavy atom. The molecule has 0 saturated carbocycles. The highest BCUT2D eigenvalue weighted by Crippen LogP contribution is 2.21. The molecular weight excluding hydrogens is 516 g/mol. The zero-order valence-corrected chi connectivity index (χ0v) is 27.0. The molecule has 7 heteroatoms. The fourth-order valence-corrected chi connectivity index (χ4v) is 5.07. The summed E-state index contributed by atoms with van der Waals surface area (Å²) < 4.78 is 0. The Morgan fingerprint density at radius 3 is 1.52 bits per heavy atom. The average molecular weight is 573 g/mol. The van der Waals surface area contributed by atoms with Crippen LogP contribution in [0.4, 0.5) is 17.5 Å². The molecule has 1 N–H and O–H groups in total. The first kappa shape index (κ1) is 34.3. The molecule has 0 radical (unpaired) electrons. The van der Waals surface area contributed by atoms with Gasteiger partial charge in [-0.3, -0.25) is 0 Å². The van der Waals surface area contributed by atoms with Crippen LogP contribution in [0, 0.1) is 6.92 Å². The third-order valence-corrected chi connectivity index (χ3v) is 7.63. The van der Waals surface area contributed by atoms with Gasteiger partial charge in [-0.25, -0.2) is 4.98 Å². The number of hydrogen-bond acceptors (Lipinski definition) is 6. The third-order valence-electron chi connectivity index (χ3n) is 7.38. The lowest BCUT2D eigenvalue weighted by Crippen LogP contribution is -2.34. The second kappa shape index (κ2) is 20.9. The summed E-state index contributed by atoms with van der Waals surface area (Å²) >= 11 is 6.09. The van der Waals surface area contributed by atoms with Gasteiger partial charge >= 0.3 is 0 Å². The summed E-state index contributed by atoms with van der Waals surface area (Å²) in [5.41, 5.74) is 1.92. The standard InChI is InChI=1S/C33H57ClN6/c1-6-10-20-38(21-11-7-2)24-14-26-40(27-15-25-39(22-12-8-3)23-13-9-4)32-28-29(5)35-33(37-32)36-31-18-16-30(34)17-19-31/h16-19,28H,6-15,20-27H2,1-5H3,(H,35,36,37). The highest BCUT2D eigenvalue weighted by atomic mass is 35.5. The number of nitrogens with zero attached hydrogens (tertiary/aromatic N) is 5. The molecule has 0 atom stereocenters. The predicted octanol–water partition coefficient (Wildman–Crippen LogP) is 8.57. The van der Waals surface area contributed by atoms with E-state index in [2.05, 4.69) is 65.7 Å². The van der Waals surface area contributed by atoms with Crippen LogP contribution in [0.25, 0.3) is 0 Å². The molecule has 1 aromatic carbocycles. The van der Waals surface area contributed by atoms with Crippen LogP contribution in [0.2, 0.25) is 5.02 Å². The van der Waals surface area contributed by atoms with Gasteiger partial charge in [-0.15, -0.1) is 0 Å². The smallest absolute Gasteiger partial charge is 0.229 e. The van der Waals surface area contributed by atoms with Crippen molar-refractivity contribution < 1.29 is 0 Å². The van der Waals surface area contributed by atoms with E-state index in [1.54, 1.807) is 0 Å². The van der Waals surface area contributed by atoms with E-state index in [1.165, 1.54) is 77.5 Å². The largest absolute Gasteiger partial charge is 0.356 e. The Labute approximate surface area is 250 Å². The Morgan fingerprint density at radius 1 is 0.625 bits per heavy atom. The third kappa shape index (κ3) is 14.1. The van der Waals surface area contributed by atoms with E-state index >= 15 is 0 Å². The number of anilines is 3. The summed E-state index contributed by atoms with van der Waals surface area (Å²) in [5, 5.41) is 4.11. The minimum Gasteiger partial charge on any atom is -0.356 e. The first-order valence-corrected chi connectivity index (χ1v) is 16.4. The van der Waals surface area contributed by atoms with Gasteiger partial charge in [0.15, 0.2) is 0 Å². The van der Waals surface area contributed by atoms with E-state index in [1.807, 2.05) is 24.3 Å². The Kier molecular flexibility index (Phi) is 17.9. The van der Waals surface area contributed by atoms with Crippen LogP contribution in [0.3, 0.4) is 0 Å². The van der Waals surface area contributed by atoms with Gasteiger partial charge in [-0.05, 0) is 109 Å². The lowest BCUT2D eigenvalue weighted by molar-refractivity contribution is 0.258. The number of unbranched alkanes of at least 4 members (excludes halogenated alkanes) is 4. The summed E-state index contributed by atoms with van der Waals surface area (Å²) in [6.45, 7) is 20.4. The van der Waals surface area contributed by atoms with Crippen molar-refractivity contribution in [2.24, 2.45) is 0 Å². The number of aromatic nitrogens is 2. The highest BCUT2D eigenvalue weighted by Gasteiger charge is 2.14. The van der Waals surface area contributed by atoms with E-state index in [0.717, 1.165) is 61.2 Å². The minimum atomic E-state index is 0.641. The van der Waals surface area contributed by atoms with E-state index in [4.69, 9.17) is 16.6 Å². The molecule has 0 aliphatic heterocycles. The van der Waals surface area contributed by atoms with Gasteiger partial charge in [-0.1, -0.05) is 65.0 Å². The zero-order chi connectivity index (χ0) is 29.0. The molecule has 0 bridgehead atoms. The molecular formula is C33H57ClN6. The van der Waals surface area contributed by atoms with E-state index in [9.17, 15) is 0 Å². The van der Waals surface area contributed by atoms with E-state index < -0.39 is 0 Å². The van der Waals surface area contributed by atoms with Gasteiger partial charge in [0.25, 0.3) is 0 Å². The molecule has 0 amide bonds. The molecule has 1 heterocycles. The van der Waals surface area contributed by atoms with Crippen LogP contribution in [0.5, 0.6) is 0 Å². The van der Waals surface area contributed by atoms with Crippen LogP contribution >= 0.6 is 11.6 Å². The lowest BCUT2D eigenvalue weighted by Gasteiger charge is -2.28. The van der Waals surface area contributed by atoms with E-state index in [0.29, 0.717) is 5.95 Å². The molecule has 0 fully saturated rings. The summed E-state index contributed by atoms with van der Waals surface area (Å²) in [6, 6.07) is 9.85. The van der Waals surface area contributed by atoms with Crippen molar-refractivity contribution in [3.8, 4) is 0 Å². The van der Waals surface area contributed by atoms with Crippen molar-refractivity contribution in [3.05, 3.63) is 41.0 Å². The van der Waals surface area contributed by atoms with Crippen molar-refractivity contribution >= 4 is 29.1 Å². The van der Waals surface area contributed by atoms with E-state index in [-0.39, 0.29) is 0 Å². The average Bonchev–Trinajstić information content (AvgIpc) is 2.95. The van der Waals surface area contributed by atoms with Crippen LogP contribution in [-0.4, -0.2) is 72.1 Å². The summed E-state index contributed by atoms with van der Waals surface area (Å²) in [4.78, 5) is 17.5. The van der Waals surface area contributed by atoms with Crippen molar-refractivity contribution in [2.45, 2.75) is 98.8 Å². The predicted molar refractivity (Wildman–Crippen MR) is 175 cm³/mol. The summed E-state index contributed by atoms with van der Waals surface area (Å²) in [7, 11) is 0. The van der Waals surface area contributed by atoms with Crippen LogP contribution in [0.1, 0.15) is 97.6 Å². The minimum absolute atomic E-state index is 0.641. The Hall–Kier alpha value is -1.89. The molecule has 2 rings (SSSR count). The maximum Gasteiger partial charge on any atom is 0.229 e. The molecule has 0 saturated heterocycles. The number of halogens is 1. The number of hydrogen-bond donors (Lipinski definition) is 1. The van der Waals surface area contributed by atoms with Gasteiger partial charge in [-0.2, -0.15) is 4.98 Å². The number of benzene rings is 1. The molecule has 6 nitrogen and oxygen atoms in total. The second-order valence-corrected chi connectivity index (χ2v) is 11.6. The van der Waals surface area contributed by atoms with Crippen molar-refractivity contribution in [1.29, 1.82) is 0 Å². The monoisotopic (exact) mass is 572 g/mol. The van der Waals surface area contributed by atoms with Gasteiger partial charge in [0, 0.05) is 35.6 Å². The molecule has 0 spiro atoms. The molecule has 40 heavy (non-hydrogen) atoms. The maximum atomic E-state index is 6.09. The normalized spacial score (nSPS) is 11.5. The molecule has 1 aromatic heterocycles. The SMILES string of the molecule is CCCCN(CCCC)CCCN(CCCN(CCCC)CCCC)c1cc(C)nc(Nc2ccc(Cl)cc2)n1.